The van der Waals surface area contributed by atoms with Gasteiger partial charge in [-0.2, -0.15) is 0 Å². The molecule has 0 fully saturated rings. The number of carbonyl (C=O) groups excluding carboxylic acids is 1. The number of para-hydroxylation sites is 2. The maximum Gasteiger partial charge on any atom is 0.245 e. The van der Waals surface area contributed by atoms with Crippen molar-refractivity contribution in [3.05, 3.63) is 72.6 Å². The summed E-state index contributed by atoms with van der Waals surface area (Å²) in [5.74, 6) is 1.93. The Balaban J connectivity index is 1.35. The number of ether oxygens (including phenoxy) is 2. The summed E-state index contributed by atoms with van der Waals surface area (Å²) in [6.07, 6.45) is 3.89. The summed E-state index contributed by atoms with van der Waals surface area (Å²) >= 11 is 0. The molecule has 0 spiro atoms. The maximum atomic E-state index is 11.5. The van der Waals surface area contributed by atoms with Gasteiger partial charge in [-0.05, 0) is 36.4 Å². The topological polar surface area (TPSA) is 65.4 Å². The average Bonchev–Trinajstić information content (AvgIpc) is 3.19. The molecule has 0 radical (unpaired) electrons. The zero-order chi connectivity index (χ0) is 22.9. The zero-order valence-electron chi connectivity index (χ0n) is 19.1. The van der Waals surface area contributed by atoms with Gasteiger partial charge in [0.25, 0.3) is 0 Å². The largest absolute Gasteiger partial charge is 0.491 e. The number of aryl methyl sites for hydroxylation is 1. The summed E-state index contributed by atoms with van der Waals surface area (Å²) in [6.45, 7) is 2.11. The van der Waals surface area contributed by atoms with Crippen molar-refractivity contribution in [1.82, 2.24) is 14.9 Å². The van der Waals surface area contributed by atoms with E-state index in [0.29, 0.717) is 13.2 Å². The third-order valence-electron chi connectivity index (χ3n) is 5.73. The predicted molar refractivity (Wildman–Crippen MR) is 132 cm³/mol. The monoisotopic (exact) mass is 445 g/mol. The molecule has 6 nitrogen and oxygen atoms in total. The molecule has 0 aliphatic carbocycles. The standard InChI is InChI=1S/C27H31N3O3/c1-32-20-27(31)28-17-8-2-3-16-26-29-23-13-6-7-14-24(23)30(26)18-19-33-25-15-9-11-21-10-4-5-12-22(21)25/h4-7,9-15H,2-3,8,16-20H2,1H3,(H,28,31). The molecule has 0 saturated carbocycles. The molecule has 6 heteroatoms. The number of nitrogens with zero attached hydrogens (tertiary/aromatic N) is 2. The fourth-order valence-electron chi connectivity index (χ4n) is 4.13. The van der Waals surface area contributed by atoms with Crippen LogP contribution in [0.2, 0.25) is 0 Å². The number of fused-ring (bicyclic) bond motifs is 2. The molecule has 4 aromatic rings. The van der Waals surface area contributed by atoms with Gasteiger partial charge in [-0.1, -0.05) is 55.0 Å². The van der Waals surface area contributed by atoms with Gasteiger partial charge in [0.1, 0.15) is 24.8 Å². The van der Waals surface area contributed by atoms with Gasteiger partial charge in [0.15, 0.2) is 0 Å². The van der Waals surface area contributed by atoms with Crippen LogP contribution in [-0.4, -0.2) is 42.3 Å². The Morgan fingerprint density at radius 2 is 1.79 bits per heavy atom. The van der Waals surface area contributed by atoms with Crippen LogP contribution in [0.1, 0.15) is 25.1 Å². The predicted octanol–water partition coefficient (Wildman–Crippen LogP) is 4.74. The van der Waals surface area contributed by atoms with Crippen LogP contribution in [0.3, 0.4) is 0 Å². The Labute approximate surface area is 194 Å². The lowest BCUT2D eigenvalue weighted by Crippen LogP contribution is -2.27. The van der Waals surface area contributed by atoms with Gasteiger partial charge in [-0.3, -0.25) is 4.79 Å². The highest BCUT2D eigenvalue weighted by atomic mass is 16.5. The minimum absolute atomic E-state index is 0.0644. The van der Waals surface area contributed by atoms with Gasteiger partial charge in [0, 0.05) is 25.5 Å². The van der Waals surface area contributed by atoms with Crippen molar-refractivity contribution in [3.63, 3.8) is 0 Å². The molecule has 1 amide bonds. The number of hydrogen-bond acceptors (Lipinski definition) is 4. The minimum atomic E-state index is -0.0644. The Morgan fingerprint density at radius 3 is 2.70 bits per heavy atom. The summed E-state index contributed by atoms with van der Waals surface area (Å²) in [6, 6.07) is 22.7. The average molecular weight is 446 g/mol. The Kier molecular flexibility index (Phi) is 7.93. The molecule has 0 aliphatic rings. The second-order valence-electron chi connectivity index (χ2n) is 8.09. The van der Waals surface area contributed by atoms with Gasteiger partial charge in [0.05, 0.1) is 17.6 Å². The van der Waals surface area contributed by atoms with Crippen LogP contribution in [0.5, 0.6) is 5.75 Å². The highest BCUT2D eigenvalue weighted by Crippen LogP contribution is 2.25. The molecule has 1 N–H and O–H groups in total. The lowest BCUT2D eigenvalue weighted by Gasteiger charge is -2.12. The van der Waals surface area contributed by atoms with Crippen LogP contribution in [0, 0.1) is 0 Å². The van der Waals surface area contributed by atoms with E-state index in [4.69, 9.17) is 14.5 Å². The number of carbonyl (C=O) groups is 1. The second kappa shape index (κ2) is 11.5. The first-order valence-electron chi connectivity index (χ1n) is 11.6. The minimum Gasteiger partial charge on any atom is -0.491 e. The fourth-order valence-corrected chi connectivity index (χ4v) is 4.13. The molecule has 0 unspecified atom stereocenters. The van der Waals surface area contributed by atoms with E-state index in [9.17, 15) is 4.79 Å². The molecule has 0 bridgehead atoms. The van der Waals surface area contributed by atoms with E-state index in [1.807, 2.05) is 30.3 Å². The number of rotatable bonds is 12. The third-order valence-corrected chi connectivity index (χ3v) is 5.73. The molecule has 33 heavy (non-hydrogen) atoms. The number of nitrogens with one attached hydrogen (secondary N) is 1. The van der Waals surface area contributed by atoms with Crippen LogP contribution >= 0.6 is 0 Å². The lowest BCUT2D eigenvalue weighted by atomic mass is 10.1. The molecule has 0 saturated heterocycles. The Morgan fingerprint density at radius 1 is 0.970 bits per heavy atom. The smallest absolute Gasteiger partial charge is 0.245 e. The number of benzene rings is 3. The van der Waals surface area contributed by atoms with Crippen LogP contribution < -0.4 is 10.1 Å². The number of aromatic nitrogens is 2. The van der Waals surface area contributed by atoms with Gasteiger partial charge in [-0.15, -0.1) is 0 Å². The quantitative estimate of drug-likeness (QED) is 0.320. The molecule has 4 rings (SSSR count). The third kappa shape index (κ3) is 5.90. The summed E-state index contributed by atoms with van der Waals surface area (Å²) in [4.78, 5) is 16.3. The molecule has 3 aromatic carbocycles. The highest BCUT2D eigenvalue weighted by molar-refractivity contribution is 5.88. The second-order valence-corrected chi connectivity index (χ2v) is 8.09. The van der Waals surface area contributed by atoms with E-state index in [1.165, 1.54) is 12.5 Å². The van der Waals surface area contributed by atoms with Crippen molar-refractivity contribution in [2.45, 2.75) is 32.2 Å². The first-order chi connectivity index (χ1) is 16.3. The molecule has 0 atom stereocenters. The highest BCUT2D eigenvalue weighted by Gasteiger charge is 2.11. The van der Waals surface area contributed by atoms with Crippen molar-refractivity contribution in [2.75, 3.05) is 26.9 Å². The lowest BCUT2D eigenvalue weighted by molar-refractivity contribution is -0.124. The first-order valence-corrected chi connectivity index (χ1v) is 11.6. The van der Waals surface area contributed by atoms with Crippen LogP contribution in [0.25, 0.3) is 21.8 Å². The molecular formula is C27H31N3O3. The summed E-state index contributed by atoms with van der Waals surface area (Å²) in [7, 11) is 1.53. The number of unbranched alkanes of at least 4 members (excludes halogenated alkanes) is 2. The molecule has 0 aliphatic heterocycles. The number of imidazole rings is 1. The van der Waals surface area contributed by atoms with Crippen LogP contribution in [-0.2, 0) is 22.5 Å². The Bertz CT molecular complexity index is 1200. The Hall–Kier alpha value is -3.38. The SMILES string of the molecule is COCC(=O)NCCCCCc1nc2ccccc2n1CCOc1cccc2ccccc12. The normalized spacial score (nSPS) is 11.2. The van der Waals surface area contributed by atoms with Gasteiger partial charge in [0.2, 0.25) is 5.91 Å². The van der Waals surface area contributed by atoms with Crippen molar-refractivity contribution in [3.8, 4) is 5.75 Å². The first kappa shape index (κ1) is 22.8. The number of hydrogen-bond donors (Lipinski definition) is 1. The molecular weight excluding hydrogens is 414 g/mol. The van der Waals surface area contributed by atoms with E-state index < -0.39 is 0 Å². The van der Waals surface area contributed by atoms with E-state index in [1.54, 1.807) is 0 Å². The van der Waals surface area contributed by atoms with Gasteiger partial charge >= 0.3 is 0 Å². The maximum absolute atomic E-state index is 11.5. The summed E-state index contributed by atoms with van der Waals surface area (Å²) in [5, 5.41) is 5.19. The molecule has 1 heterocycles. The molecule has 1 aromatic heterocycles. The molecule has 172 valence electrons. The van der Waals surface area contributed by atoms with E-state index >= 15 is 0 Å². The van der Waals surface area contributed by atoms with Gasteiger partial charge in [-0.25, -0.2) is 4.98 Å². The van der Waals surface area contributed by atoms with Crippen molar-refractivity contribution in [2.24, 2.45) is 0 Å². The van der Waals surface area contributed by atoms with E-state index in [-0.39, 0.29) is 12.5 Å². The number of amides is 1. The van der Waals surface area contributed by atoms with Crippen molar-refractivity contribution in [1.29, 1.82) is 0 Å². The van der Waals surface area contributed by atoms with E-state index in [0.717, 1.165) is 60.2 Å². The fraction of sp³-hybridized carbons (Fsp3) is 0.333. The van der Waals surface area contributed by atoms with Gasteiger partial charge < -0.3 is 19.4 Å². The van der Waals surface area contributed by atoms with E-state index in [2.05, 4.69) is 46.3 Å². The van der Waals surface area contributed by atoms with Crippen molar-refractivity contribution >= 4 is 27.7 Å². The zero-order valence-corrected chi connectivity index (χ0v) is 19.1. The van der Waals surface area contributed by atoms with Crippen molar-refractivity contribution < 1.29 is 14.3 Å². The van der Waals surface area contributed by atoms with Crippen LogP contribution in [0.4, 0.5) is 0 Å². The summed E-state index contributed by atoms with van der Waals surface area (Å²) < 4.78 is 13.3. The summed E-state index contributed by atoms with van der Waals surface area (Å²) in [5.41, 5.74) is 2.16. The number of methoxy groups -OCH3 is 1. The van der Waals surface area contributed by atoms with Crippen LogP contribution in [0.15, 0.2) is 66.7 Å².